The van der Waals surface area contributed by atoms with Gasteiger partial charge in [-0.2, -0.15) is 5.26 Å². The summed E-state index contributed by atoms with van der Waals surface area (Å²) in [6, 6.07) is 13.7. The van der Waals surface area contributed by atoms with Gasteiger partial charge in [0.25, 0.3) is 0 Å². The van der Waals surface area contributed by atoms with Crippen molar-refractivity contribution in [1.29, 1.82) is 5.26 Å². The molecule has 1 atom stereocenters. The van der Waals surface area contributed by atoms with E-state index in [0.717, 1.165) is 0 Å². The molecule has 0 radical (unpaired) electrons. The fraction of sp³-hybridized carbons (Fsp3) is 0.0952. The van der Waals surface area contributed by atoms with E-state index >= 15 is 0 Å². The van der Waals surface area contributed by atoms with Crippen LogP contribution in [0.1, 0.15) is 32.2 Å². The Morgan fingerprint density at radius 1 is 1.14 bits per heavy atom. The number of ketones is 2. The van der Waals surface area contributed by atoms with Gasteiger partial charge in [0.15, 0.2) is 11.5 Å². The van der Waals surface area contributed by atoms with Crippen LogP contribution >= 0.6 is 15.9 Å². The number of nitrogens with two attached hydrogens (primary N) is 1. The van der Waals surface area contributed by atoms with Crippen molar-refractivity contribution < 1.29 is 19.1 Å². The second-order valence-electron chi connectivity index (χ2n) is 6.27. The molecule has 0 bridgehead atoms. The lowest BCUT2D eigenvalue weighted by atomic mass is 9.75. The zero-order valence-electron chi connectivity index (χ0n) is 14.7. The highest BCUT2D eigenvalue weighted by Crippen LogP contribution is 2.45. The number of fused-ring (bicyclic) bond motifs is 1. The first-order valence-electron chi connectivity index (χ1n) is 8.31. The molecule has 6 nitrogen and oxygen atoms in total. The van der Waals surface area contributed by atoms with E-state index in [1.807, 2.05) is 6.07 Å². The van der Waals surface area contributed by atoms with Gasteiger partial charge in [-0.25, -0.2) is 0 Å². The van der Waals surface area contributed by atoms with Crippen LogP contribution in [0.2, 0.25) is 0 Å². The van der Waals surface area contributed by atoms with E-state index in [4.69, 9.17) is 15.2 Å². The van der Waals surface area contributed by atoms with Crippen LogP contribution in [0.15, 0.2) is 69.7 Å². The van der Waals surface area contributed by atoms with Crippen LogP contribution in [0, 0.1) is 11.3 Å². The molecule has 2 N–H and O–H groups in total. The van der Waals surface area contributed by atoms with Crippen LogP contribution in [0.25, 0.3) is 0 Å². The molecule has 1 heterocycles. The lowest BCUT2D eigenvalue weighted by Gasteiger charge is -2.31. The summed E-state index contributed by atoms with van der Waals surface area (Å²) in [5.41, 5.74) is 7.30. The summed E-state index contributed by atoms with van der Waals surface area (Å²) in [4.78, 5) is 26.2. The molecule has 0 amide bonds. The summed E-state index contributed by atoms with van der Waals surface area (Å²) in [5, 5.41) is 9.68. The molecule has 4 rings (SSSR count). The van der Waals surface area contributed by atoms with Gasteiger partial charge in [0, 0.05) is 11.1 Å². The van der Waals surface area contributed by atoms with Gasteiger partial charge in [0.05, 0.1) is 23.1 Å². The zero-order chi connectivity index (χ0) is 20.0. The largest absolute Gasteiger partial charge is 0.496 e. The van der Waals surface area contributed by atoms with Crippen LogP contribution in [0.5, 0.6) is 5.75 Å². The van der Waals surface area contributed by atoms with Crippen LogP contribution < -0.4 is 10.5 Å². The third-order valence-electron chi connectivity index (χ3n) is 4.80. The monoisotopic (exact) mass is 436 g/mol. The van der Waals surface area contributed by atoms with E-state index in [0.29, 0.717) is 15.8 Å². The number of carbonyl (C=O) groups excluding carboxylic acids is 2. The van der Waals surface area contributed by atoms with Crippen LogP contribution in [0.3, 0.4) is 0 Å². The quantitative estimate of drug-likeness (QED) is 0.771. The Bertz CT molecular complexity index is 1160. The number of hydrogen-bond donors (Lipinski definition) is 1. The van der Waals surface area contributed by atoms with Gasteiger partial charge in [-0.15, -0.1) is 0 Å². The van der Waals surface area contributed by atoms with Crippen molar-refractivity contribution in [2.45, 2.75) is 5.92 Å². The zero-order valence-corrected chi connectivity index (χ0v) is 16.2. The van der Waals surface area contributed by atoms with Gasteiger partial charge in [0.1, 0.15) is 17.4 Å². The van der Waals surface area contributed by atoms with Gasteiger partial charge in [0.2, 0.25) is 11.7 Å². The lowest BCUT2D eigenvalue weighted by Crippen LogP contribution is -2.32. The fourth-order valence-corrected chi connectivity index (χ4v) is 4.06. The third-order valence-corrected chi connectivity index (χ3v) is 5.42. The highest BCUT2D eigenvalue weighted by Gasteiger charge is 2.43. The molecular weight excluding hydrogens is 424 g/mol. The Morgan fingerprint density at radius 3 is 2.43 bits per heavy atom. The third kappa shape index (κ3) is 2.53. The minimum atomic E-state index is -0.819. The number of halogens is 1. The predicted octanol–water partition coefficient (Wildman–Crippen LogP) is 3.60. The molecule has 0 fully saturated rings. The molecule has 2 aromatic rings. The molecule has 138 valence electrons. The first-order chi connectivity index (χ1) is 13.5. The van der Waals surface area contributed by atoms with Crippen molar-refractivity contribution in [3.05, 3.63) is 86.4 Å². The van der Waals surface area contributed by atoms with E-state index in [1.54, 1.807) is 42.5 Å². The van der Waals surface area contributed by atoms with Crippen molar-refractivity contribution in [2.75, 3.05) is 7.11 Å². The number of rotatable bonds is 2. The second kappa shape index (κ2) is 6.66. The number of ether oxygens (including phenoxy) is 2. The van der Waals surface area contributed by atoms with Gasteiger partial charge >= 0.3 is 0 Å². The van der Waals surface area contributed by atoms with Gasteiger partial charge < -0.3 is 15.2 Å². The molecule has 1 aliphatic carbocycles. The standard InChI is InChI=1S/C21H13BrN2O4/c1-27-15-7-6-10(8-14(15)22)16-13(9-23)21(24)28-20-17(16)18(25)11-4-2-3-5-12(11)19(20)26/h2-8,16H,24H2,1H3. The summed E-state index contributed by atoms with van der Waals surface area (Å²) >= 11 is 3.42. The first kappa shape index (κ1) is 18.0. The molecule has 1 unspecified atom stereocenters. The highest BCUT2D eigenvalue weighted by molar-refractivity contribution is 9.10. The molecule has 7 heteroatoms. The topological polar surface area (TPSA) is 102 Å². The maximum Gasteiger partial charge on any atom is 0.229 e. The summed E-state index contributed by atoms with van der Waals surface area (Å²) < 4.78 is 11.4. The fourth-order valence-electron chi connectivity index (χ4n) is 3.50. The minimum Gasteiger partial charge on any atom is -0.496 e. The Balaban J connectivity index is 1.96. The van der Waals surface area contributed by atoms with Gasteiger partial charge in [-0.1, -0.05) is 30.3 Å². The van der Waals surface area contributed by atoms with Crippen molar-refractivity contribution in [1.82, 2.24) is 0 Å². The smallest absolute Gasteiger partial charge is 0.229 e. The predicted molar refractivity (Wildman–Crippen MR) is 103 cm³/mol. The van der Waals surface area contributed by atoms with Crippen LogP contribution in [0.4, 0.5) is 0 Å². The normalized spacial score (nSPS) is 18.2. The summed E-state index contributed by atoms with van der Waals surface area (Å²) in [6.07, 6.45) is 0. The Morgan fingerprint density at radius 2 is 1.82 bits per heavy atom. The summed E-state index contributed by atoms with van der Waals surface area (Å²) in [5.74, 6) is -1.32. The molecule has 0 spiro atoms. The Hall–Kier alpha value is -3.37. The number of Topliss-reactive ketones (excluding diaryl/α,β-unsaturated/α-hetero) is 2. The minimum absolute atomic E-state index is 0.0800. The van der Waals surface area contributed by atoms with Crippen LogP contribution in [-0.4, -0.2) is 18.7 Å². The number of benzene rings is 2. The molecule has 0 aromatic heterocycles. The maximum atomic E-state index is 13.3. The molecule has 2 aromatic carbocycles. The molecule has 0 saturated heterocycles. The molecular formula is C21H13BrN2O4. The number of hydrogen-bond acceptors (Lipinski definition) is 6. The van der Waals surface area contributed by atoms with E-state index < -0.39 is 11.7 Å². The van der Waals surface area contributed by atoms with Crippen molar-refractivity contribution in [3.63, 3.8) is 0 Å². The van der Waals surface area contributed by atoms with E-state index in [-0.39, 0.29) is 39.7 Å². The van der Waals surface area contributed by atoms with E-state index in [9.17, 15) is 14.9 Å². The van der Waals surface area contributed by atoms with Crippen molar-refractivity contribution >= 4 is 27.5 Å². The number of nitrogens with zero attached hydrogens (tertiary/aromatic N) is 1. The average molecular weight is 437 g/mol. The summed E-state index contributed by atoms with van der Waals surface area (Å²) in [6.45, 7) is 0. The molecule has 2 aliphatic rings. The van der Waals surface area contributed by atoms with Gasteiger partial charge in [-0.3, -0.25) is 9.59 Å². The number of methoxy groups -OCH3 is 1. The van der Waals surface area contributed by atoms with Crippen LogP contribution in [-0.2, 0) is 4.74 Å². The first-order valence-corrected chi connectivity index (χ1v) is 9.10. The number of nitriles is 1. The molecule has 0 saturated carbocycles. The maximum absolute atomic E-state index is 13.3. The molecule has 28 heavy (non-hydrogen) atoms. The lowest BCUT2D eigenvalue weighted by molar-refractivity contribution is 0.0897. The number of carbonyl (C=O) groups is 2. The van der Waals surface area contributed by atoms with Gasteiger partial charge in [-0.05, 0) is 33.6 Å². The van der Waals surface area contributed by atoms with E-state index in [1.165, 1.54) is 7.11 Å². The Labute approximate surface area is 169 Å². The second-order valence-corrected chi connectivity index (χ2v) is 7.12. The van der Waals surface area contributed by atoms with Crippen molar-refractivity contribution in [3.8, 4) is 11.8 Å². The Kier molecular flexibility index (Phi) is 4.28. The van der Waals surface area contributed by atoms with Crippen molar-refractivity contribution in [2.24, 2.45) is 5.73 Å². The highest BCUT2D eigenvalue weighted by atomic mass is 79.9. The SMILES string of the molecule is COc1ccc(C2C(C#N)=C(N)OC3=C2C(=O)c2ccccc2C3=O)cc1Br. The summed E-state index contributed by atoms with van der Waals surface area (Å²) in [7, 11) is 1.54. The molecule has 1 aliphatic heterocycles. The average Bonchev–Trinajstić information content (AvgIpc) is 2.71. The number of allylic oxidation sites excluding steroid dienone is 3. The van der Waals surface area contributed by atoms with E-state index in [2.05, 4.69) is 15.9 Å².